The van der Waals surface area contributed by atoms with Crippen LogP contribution < -0.4 is 5.32 Å². The van der Waals surface area contributed by atoms with E-state index >= 15 is 0 Å². The summed E-state index contributed by atoms with van der Waals surface area (Å²) < 4.78 is 3.23. The molecule has 0 atom stereocenters. The van der Waals surface area contributed by atoms with Crippen molar-refractivity contribution < 1.29 is 0 Å². The molecule has 5 nitrogen and oxygen atoms in total. The summed E-state index contributed by atoms with van der Waals surface area (Å²) in [4.78, 5) is 4.54. The van der Waals surface area contributed by atoms with Crippen LogP contribution in [0.15, 0.2) is 36.9 Å². The van der Waals surface area contributed by atoms with Gasteiger partial charge in [0.25, 0.3) is 0 Å². The van der Waals surface area contributed by atoms with Crippen LogP contribution >= 0.6 is 11.3 Å². The number of rotatable bonds is 6. The van der Waals surface area contributed by atoms with Crippen molar-refractivity contribution in [1.82, 2.24) is 19.7 Å². The van der Waals surface area contributed by atoms with Crippen LogP contribution in [0.1, 0.15) is 12.8 Å². The fourth-order valence-corrected chi connectivity index (χ4v) is 2.79. The molecule has 98 valence electrons. The van der Waals surface area contributed by atoms with Gasteiger partial charge in [-0.25, -0.2) is 4.98 Å². The maximum atomic E-state index is 4.54. The second-order valence-electron chi connectivity index (χ2n) is 4.32. The zero-order chi connectivity index (χ0) is 12.9. The highest BCUT2D eigenvalue weighted by atomic mass is 32.1. The Morgan fingerprint density at radius 3 is 2.79 bits per heavy atom. The van der Waals surface area contributed by atoms with E-state index in [1.165, 1.54) is 4.70 Å². The van der Waals surface area contributed by atoms with E-state index in [9.17, 15) is 0 Å². The summed E-state index contributed by atoms with van der Waals surface area (Å²) in [5, 5.41) is 12.0. The lowest BCUT2D eigenvalue weighted by molar-refractivity contribution is 0.619. The number of para-hydroxylation sites is 1. The first-order valence-electron chi connectivity index (χ1n) is 6.34. The summed E-state index contributed by atoms with van der Waals surface area (Å²) >= 11 is 1.71. The van der Waals surface area contributed by atoms with Crippen LogP contribution in [0, 0.1) is 0 Å². The normalized spacial score (nSPS) is 10.9. The zero-order valence-corrected chi connectivity index (χ0v) is 11.3. The number of unbranched alkanes of at least 4 members (excludes halogenated alkanes) is 1. The molecule has 0 spiro atoms. The molecule has 0 aliphatic heterocycles. The second-order valence-corrected chi connectivity index (χ2v) is 5.35. The van der Waals surface area contributed by atoms with Gasteiger partial charge in [-0.05, 0) is 25.0 Å². The molecule has 0 amide bonds. The summed E-state index contributed by atoms with van der Waals surface area (Å²) in [6.07, 6.45) is 5.71. The highest BCUT2D eigenvalue weighted by Crippen LogP contribution is 2.25. The molecule has 0 radical (unpaired) electrons. The SMILES string of the molecule is c1ccc2sc(NCCCCn3cnnc3)nc2c1. The Morgan fingerprint density at radius 1 is 1.11 bits per heavy atom. The second kappa shape index (κ2) is 5.79. The van der Waals surface area contributed by atoms with Crippen molar-refractivity contribution in [2.75, 3.05) is 11.9 Å². The molecule has 0 aliphatic carbocycles. The van der Waals surface area contributed by atoms with Crippen molar-refractivity contribution in [2.24, 2.45) is 0 Å². The molecule has 0 fully saturated rings. The topological polar surface area (TPSA) is 55.6 Å². The number of nitrogens with zero attached hydrogens (tertiary/aromatic N) is 4. The molecule has 0 aliphatic rings. The Balaban J connectivity index is 1.44. The Kier molecular flexibility index (Phi) is 3.69. The minimum Gasteiger partial charge on any atom is -0.361 e. The van der Waals surface area contributed by atoms with Gasteiger partial charge in [0.1, 0.15) is 12.7 Å². The molecule has 6 heteroatoms. The molecule has 3 rings (SSSR count). The first-order valence-corrected chi connectivity index (χ1v) is 7.15. The van der Waals surface area contributed by atoms with E-state index < -0.39 is 0 Å². The minimum atomic E-state index is 0.946. The molecule has 0 unspecified atom stereocenters. The van der Waals surface area contributed by atoms with Gasteiger partial charge in [0.15, 0.2) is 5.13 Å². The van der Waals surface area contributed by atoms with E-state index in [4.69, 9.17) is 0 Å². The molecule has 0 saturated carbocycles. The number of aromatic nitrogens is 4. The van der Waals surface area contributed by atoms with Crippen molar-refractivity contribution in [3.63, 3.8) is 0 Å². The summed E-state index contributed by atoms with van der Waals surface area (Å²) in [5.41, 5.74) is 1.07. The number of nitrogens with one attached hydrogen (secondary N) is 1. The average molecular weight is 273 g/mol. The molecular weight excluding hydrogens is 258 g/mol. The van der Waals surface area contributed by atoms with Gasteiger partial charge in [0.05, 0.1) is 10.2 Å². The number of hydrogen-bond donors (Lipinski definition) is 1. The van der Waals surface area contributed by atoms with E-state index in [0.717, 1.165) is 36.6 Å². The van der Waals surface area contributed by atoms with Crippen LogP contribution in [-0.2, 0) is 6.54 Å². The minimum absolute atomic E-state index is 0.946. The molecule has 2 aromatic heterocycles. The van der Waals surface area contributed by atoms with Gasteiger partial charge in [0, 0.05) is 13.1 Å². The Morgan fingerprint density at radius 2 is 1.95 bits per heavy atom. The zero-order valence-electron chi connectivity index (χ0n) is 10.5. The van der Waals surface area contributed by atoms with Gasteiger partial charge < -0.3 is 9.88 Å². The number of fused-ring (bicyclic) bond motifs is 1. The number of hydrogen-bond acceptors (Lipinski definition) is 5. The standard InChI is InChI=1S/C13H15N5S/c1-2-6-12-11(5-1)17-13(19-12)14-7-3-4-8-18-9-15-16-10-18/h1-2,5-6,9-10H,3-4,7-8H2,(H,14,17). The Bertz CT molecular complexity index is 598. The maximum Gasteiger partial charge on any atom is 0.183 e. The van der Waals surface area contributed by atoms with Crippen LogP contribution in [0.3, 0.4) is 0 Å². The van der Waals surface area contributed by atoms with Crippen molar-refractivity contribution in [3.05, 3.63) is 36.9 Å². The first-order chi connectivity index (χ1) is 9.42. The van der Waals surface area contributed by atoms with Gasteiger partial charge in [-0.3, -0.25) is 0 Å². The fourth-order valence-electron chi connectivity index (χ4n) is 1.90. The summed E-state index contributed by atoms with van der Waals surface area (Å²) in [6.45, 7) is 1.91. The maximum absolute atomic E-state index is 4.54. The first kappa shape index (κ1) is 12.1. The van der Waals surface area contributed by atoms with Gasteiger partial charge >= 0.3 is 0 Å². The van der Waals surface area contributed by atoms with Crippen molar-refractivity contribution >= 4 is 26.7 Å². The van der Waals surface area contributed by atoms with E-state index in [2.05, 4.69) is 26.6 Å². The number of benzene rings is 1. The third-order valence-electron chi connectivity index (χ3n) is 2.88. The van der Waals surface area contributed by atoms with Gasteiger partial charge in [-0.2, -0.15) is 0 Å². The van der Waals surface area contributed by atoms with Gasteiger partial charge in [0.2, 0.25) is 0 Å². The number of aryl methyl sites for hydroxylation is 1. The van der Waals surface area contributed by atoms with Crippen molar-refractivity contribution in [1.29, 1.82) is 0 Å². The average Bonchev–Trinajstić information content (AvgIpc) is 3.06. The van der Waals surface area contributed by atoms with Crippen LogP contribution in [-0.4, -0.2) is 26.3 Å². The predicted octanol–water partition coefficient (Wildman–Crippen LogP) is 2.78. The Hall–Kier alpha value is -1.95. The summed E-state index contributed by atoms with van der Waals surface area (Å²) in [6, 6.07) is 8.21. The summed E-state index contributed by atoms with van der Waals surface area (Å²) in [5.74, 6) is 0. The molecule has 2 heterocycles. The smallest absolute Gasteiger partial charge is 0.183 e. The molecular formula is C13H15N5S. The largest absolute Gasteiger partial charge is 0.361 e. The highest BCUT2D eigenvalue weighted by molar-refractivity contribution is 7.22. The molecule has 1 aromatic carbocycles. The highest BCUT2D eigenvalue weighted by Gasteiger charge is 2.01. The number of anilines is 1. The van der Waals surface area contributed by atoms with E-state index in [-0.39, 0.29) is 0 Å². The van der Waals surface area contributed by atoms with Gasteiger partial charge in [-0.1, -0.05) is 23.5 Å². The molecule has 0 saturated heterocycles. The van der Waals surface area contributed by atoms with Crippen LogP contribution in [0.2, 0.25) is 0 Å². The Labute approximate surface area is 115 Å². The fraction of sp³-hybridized carbons (Fsp3) is 0.308. The predicted molar refractivity (Wildman–Crippen MR) is 77.4 cm³/mol. The lowest BCUT2D eigenvalue weighted by Gasteiger charge is -2.02. The third kappa shape index (κ3) is 3.08. The van der Waals surface area contributed by atoms with Crippen molar-refractivity contribution in [3.8, 4) is 0 Å². The van der Waals surface area contributed by atoms with Crippen molar-refractivity contribution in [2.45, 2.75) is 19.4 Å². The lowest BCUT2D eigenvalue weighted by atomic mass is 10.3. The van der Waals surface area contributed by atoms with E-state index in [1.54, 1.807) is 24.0 Å². The molecule has 19 heavy (non-hydrogen) atoms. The third-order valence-corrected chi connectivity index (χ3v) is 3.87. The van der Waals surface area contributed by atoms with E-state index in [1.807, 2.05) is 22.8 Å². The van der Waals surface area contributed by atoms with Crippen LogP contribution in [0.25, 0.3) is 10.2 Å². The lowest BCUT2D eigenvalue weighted by Crippen LogP contribution is -2.03. The van der Waals surface area contributed by atoms with Crippen LogP contribution in [0.5, 0.6) is 0 Å². The molecule has 3 aromatic rings. The summed E-state index contributed by atoms with van der Waals surface area (Å²) in [7, 11) is 0. The van der Waals surface area contributed by atoms with Crippen LogP contribution in [0.4, 0.5) is 5.13 Å². The molecule has 0 bridgehead atoms. The van der Waals surface area contributed by atoms with Gasteiger partial charge in [-0.15, -0.1) is 10.2 Å². The quantitative estimate of drug-likeness (QED) is 0.702. The number of thiazole rings is 1. The molecule has 1 N–H and O–H groups in total. The monoisotopic (exact) mass is 273 g/mol. The van der Waals surface area contributed by atoms with E-state index in [0.29, 0.717) is 0 Å².